The van der Waals surface area contributed by atoms with Crippen molar-refractivity contribution in [1.82, 2.24) is 14.9 Å². The van der Waals surface area contributed by atoms with E-state index in [4.69, 9.17) is 5.11 Å². The molecule has 0 aliphatic heterocycles. The molecule has 2 rings (SSSR count). The third-order valence-corrected chi connectivity index (χ3v) is 4.53. The molecule has 0 aliphatic carbocycles. The molecule has 1 aromatic heterocycles. The lowest BCUT2D eigenvalue weighted by molar-refractivity contribution is 0.0692. The van der Waals surface area contributed by atoms with Gasteiger partial charge in [-0.05, 0) is 19.4 Å². The Morgan fingerprint density at radius 1 is 1.33 bits per heavy atom. The Morgan fingerprint density at radius 3 is 2.52 bits per heavy atom. The Kier molecular flexibility index (Phi) is 4.10. The third kappa shape index (κ3) is 3.29. The van der Waals surface area contributed by atoms with Crippen LogP contribution in [0.5, 0.6) is 0 Å². The monoisotopic (exact) mass is 309 g/mol. The van der Waals surface area contributed by atoms with Crippen LogP contribution in [0.1, 0.15) is 34.5 Å². The van der Waals surface area contributed by atoms with Gasteiger partial charge in [0.2, 0.25) is 0 Å². The van der Waals surface area contributed by atoms with Crippen LogP contribution in [0, 0.1) is 6.92 Å². The van der Waals surface area contributed by atoms with Gasteiger partial charge in [-0.1, -0.05) is 29.8 Å². The fraction of sp³-hybridized carbons (Fsp3) is 0.231. The molecule has 1 aromatic carbocycles. The van der Waals surface area contributed by atoms with E-state index in [1.54, 1.807) is 6.92 Å². The summed E-state index contributed by atoms with van der Waals surface area (Å²) < 4.78 is 26.9. The van der Waals surface area contributed by atoms with E-state index in [0.717, 1.165) is 17.3 Å². The van der Waals surface area contributed by atoms with E-state index in [1.165, 1.54) is 0 Å². The summed E-state index contributed by atoms with van der Waals surface area (Å²) in [5, 5.41) is 14.2. The average Bonchev–Trinajstić information content (AvgIpc) is 2.89. The highest BCUT2D eigenvalue weighted by atomic mass is 32.2. The predicted molar refractivity (Wildman–Crippen MR) is 75.5 cm³/mol. The van der Waals surface area contributed by atoms with Crippen molar-refractivity contribution in [2.45, 2.75) is 24.9 Å². The number of sulfonamides is 1. The minimum atomic E-state index is -4.00. The Balaban J connectivity index is 2.27. The number of rotatable bonds is 5. The van der Waals surface area contributed by atoms with Crippen molar-refractivity contribution < 1.29 is 18.3 Å². The van der Waals surface area contributed by atoms with Crippen molar-refractivity contribution in [2.75, 3.05) is 0 Å². The molecule has 0 aliphatic rings. The Hall–Kier alpha value is -2.19. The number of aryl methyl sites for hydroxylation is 1. The van der Waals surface area contributed by atoms with Crippen LogP contribution < -0.4 is 4.72 Å². The van der Waals surface area contributed by atoms with E-state index in [2.05, 4.69) is 14.9 Å². The molecular formula is C13H15N3O4S. The van der Waals surface area contributed by atoms with Crippen LogP contribution in [0.3, 0.4) is 0 Å². The average molecular weight is 309 g/mol. The molecule has 0 saturated heterocycles. The van der Waals surface area contributed by atoms with Crippen LogP contribution in [0.25, 0.3) is 0 Å². The van der Waals surface area contributed by atoms with Gasteiger partial charge in [0, 0.05) is 6.04 Å². The Morgan fingerprint density at radius 2 is 1.95 bits per heavy atom. The molecule has 0 radical (unpaired) electrons. The SMILES string of the molecule is Cc1ccc(C(C)NS(=O)(=O)c2[nH]ncc2C(=O)O)cc1. The summed E-state index contributed by atoms with van der Waals surface area (Å²) in [6.45, 7) is 3.61. The minimum Gasteiger partial charge on any atom is -0.478 e. The lowest BCUT2D eigenvalue weighted by atomic mass is 10.1. The Bertz CT molecular complexity index is 750. The molecule has 7 nitrogen and oxygen atoms in total. The number of aromatic nitrogens is 2. The van der Waals surface area contributed by atoms with E-state index in [-0.39, 0.29) is 0 Å². The van der Waals surface area contributed by atoms with Crippen LogP contribution in [-0.2, 0) is 10.0 Å². The van der Waals surface area contributed by atoms with E-state index < -0.39 is 32.6 Å². The summed E-state index contributed by atoms with van der Waals surface area (Å²) in [5.41, 5.74) is 1.45. The number of aromatic carboxylic acids is 1. The standard InChI is InChI=1S/C13H15N3O4S/c1-8-3-5-10(6-4-8)9(2)16-21(19,20)12-11(13(17)18)7-14-15-12/h3-7,9,16H,1-2H3,(H,14,15)(H,17,18). The molecule has 0 amide bonds. The van der Waals surface area contributed by atoms with Crippen molar-refractivity contribution in [1.29, 1.82) is 0 Å². The van der Waals surface area contributed by atoms with Crippen LogP contribution in [0.15, 0.2) is 35.5 Å². The van der Waals surface area contributed by atoms with Gasteiger partial charge in [-0.25, -0.2) is 17.9 Å². The first-order chi connectivity index (χ1) is 9.81. The van der Waals surface area contributed by atoms with E-state index in [9.17, 15) is 13.2 Å². The quantitative estimate of drug-likeness (QED) is 0.774. The molecular weight excluding hydrogens is 294 g/mol. The number of carboxylic acids is 1. The van der Waals surface area contributed by atoms with Crippen LogP contribution in [0.4, 0.5) is 0 Å². The van der Waals surface area contributed by atoms with Gasteiger partial charge in [-0.15, -0.1) is 0 Å². The molecule has 21 heavy (non-hydrogen) atoms. The number of hydrogen-bond acceptors (Lipinski definition) is 4. The van der Waals surface area contributed by atoms with Gasteiger partial charge >= 0.3 is 5.97 Å². The molecule has 0 bridgehead atoms. The second kappa shape index (κ2) is 5.66. The second-order valence-electron chi connectivity index (χ2n) is 4.67. The summed E-state index contributed by atoms with van der Waals surface area (Å²) in [5.74, 6) is -1.35. The number of carboxylic acid groups (broad SMARTS) is 1. The van der Waals surface area contributed by atoms with Crippen molar-refractivity contribution in [2.24, 2.45) is 0 Å². The van der Waals surface area contributed by atoms with Crippen molar-refractivity contribution in [3.05, 3.63) is 47.2 Å². The number of nitrogens with zero attached hydrogens (tertiary/aromatic N) is 1. The van der Waals surface area contributed by atoms with E-state index in [0.29, 0.717) is 0 Å². The fourth-order valence-electron chi connectivity index (χ4n) is 1.85. The maximum atomic E-state index is 12.2. The minimum absolute atomic E-state index is 0.390. The number of nitrogens with one attached hydrogen (secondary N) is 2. The van der Waals surface area contributed by atoms with E-state index in [1.807, 2.05) is 31.2 Å². The third-order valence-electron chi connectivity index (χ3n) is 3.01. The molecule has 0 fully saturated rings. The fourth-order valence-corrected chi connectivity index (χ4v) is 3.17. The summed E-state index contributed by atoms with van der Waals surface area (Å²) in [6, 6.07) is 6.87. The van der Waals surface area contributed by atoms with Crippen molar-refractivity contribution in [3.63, 3.8) is 0 Å². The van der Waals surface area contributed by atoms with Gasteiger partial charge in [0.1, 0.15) is 5.56 Å². The molecule has 112 valence electrons. The zero-order chi connectivity index (χ0) is 15.6. The summed E-state index contributed by atoms with van der Waals surface area (Å²) in [6.07, 6.45) is 0.966. The normalized spacial score (nSPS) is 13.0. The first-order valence-corrected chi connectivity index (χ1v) is 7.65. The van der Waals surface area contributed by atoms with Gasteiger partial charge in [-0.3, -0.25) is 5.10 Å². The number of benzene rings is 1. The summed E-state index contributed by atoms with van der Waals surface area (Å²) in [4.78, 5) is 11.0. The van der Waals surface area contributed by atoms with Crippen LogP contribution >= 0.6 is 0 Å². The van der Waals surface area contributed by atoms with Gasteiger partial charge in [-0.2, -0.15) is 5.10 Å². The lowest BCUT2D eigenvalue weighted by Crippen LogP contribution is -2.28. The van der Waals surface area contributed by atoms with Crippen molar-refractivity contribution in [3.8, 4) is 0 Å². The summed E-state index contributed by atoms with van der Waals surface area (Å²) in [7, 11) is -4.00. The zero-order valence-electron chi connectivity index (χ0n) is 11.5. The van der Waals surface area contributed by atoms with Crippen LogP contribution in [0.2, 0.25) is 0 Å². The van der Waals surface area contributed by atoms with Crippen molar-refractivity contribution >= 4 is 16.0 Å². The maximum Gasteiger partial charge on any atom is 0.340 e. The Labute approximate surface area is 122 Å². The zero-order valence-corrected chi connectivity index (χ0v) is 12.3. The molecule has 8 heteroatoms. The highest BCUT2D eigenvalue weighted by Gasteiger charge is 2.26. The highest BCUT2D eigenvalue weighted by Crippen LogP contribution is 2.18. The number of carbonyl (C=O) groups is 1. The van der Waals surface area contributed by atoms with Gasteiger partial charge in [0.25, 0.3) is 10.0 Å². The second-order valence-corrected chi connectivity index (χ2v) is 6.32. The smallest absolute Gasteiger partial charge is 0.340 e. The molecule has 0 saturated carbocycles. The van der Waals surface area contributed by atoms with Gasteiger partial charge in [0.05, 0.1) is 6.20 Å². The lowest BCUT2D eigenvalue weighted by Gasteiger charge is -2.14. The molecule has 3 N–H and O–H groups in total. The molecule has 1 unspecified atom stereocenters. The number of hydrogen-bond donors (Lipinski definition) is 3. The molecule has 2 aromatic rings. The summed E-state index contributed by atoms with van der Waals surface area (Å²) >= 11 is 0. The predicted octanol–water partition coefficient (Wildman–Crippen LogP) is 1.46. The molecule has 1 atom stereocenters. The maximum absolute atomic E-state index is 12.2. The molecule has 0 spiro atoms. The van der Waals surface area contributed by atoms with E-state index >= 15 is 0 Å². The number of aromatic amines is 1. The molecule has 1 heterocycles. The first kappa shape index (κ1) is 15.2. The van der Waals surface area contributed by atoms with Crippen LogP contribution in [-0.4, -0.2) is 29.7 Å². The highest BCUT2D eigenvalue weighted by molar-refractivity contribution is 7.89. The van der Waals surface area contributed by atoms with Gasteiger partial charge in [0.15, 0.2) is 5.03 Å². The first-order valence-electron chi connectivity index (χ1n) is 6.17. The van der Waals surface area contributed by atoms with Gasteiger partial charge < -0.3 is 5.11 Å². The number of H-pyrrole nitrogens is 1. The largest absolute Gasteiger partial charge is 0.478 e. The topological polar surface area (TPSA) is 112 Å².